The zero-order valence-corrected chi connectivity index (χ0v) is 11.6. The summed E-state index contributed by atoms with van der Waals surface area (Å²) >= 11 is 5.56. The van der Waals surface area contributed by atoms with Crippen LogP contribution in [0.25, 0.3) is 0 Å². The van der Waals surface area contributed by atoms with Gasteiger partial charge in [-0.15, -0.1) is 0 Å². The third kappa shape index (κ3) is 2.16. The van der Waals surface area contributed by atoms with Gasteiger partial charge in [-0.2, -0.15) is 11.8 Å². The predicted molar refractivity (Wildman–Crippen MR) is 70.6 cm³/mol. The van der Waals surface area contributed by atoms with Gasteiger partial charge in [0.2, 0.25) is 0 Å². The van der Waals surface area contributed by atoms with Gasteiger partial charge in [0.1, 0.15) is 5.82 Å². The maximum atomic E-state index is 4.36. The fourth-order valence-electron chi connectivity index (χ4n) is 1.52. The number of hydrogen-bond donors (Lipinski definition) is 1. The van der Waals surface area contributed by atoms with E-state index in [-0.39, 0.29) is 0 Å². The molecule has 15 heavy (non-hydrogen) atoms. The second-order valence-electron chi connectivity index (χ2n) is 4.40. The van der Waals surface area contributed by atoms with Crippen LogP contribution in [0.15, 0.2) is 16.7 Å². The van der Waals surface area contributed by atoms with Crippen molar-refractivity contribution in [3.05, 3.63) is 22.3 Å². The monoisotopic (exact) mass is 286 g/mol. The van der Waals surface area contributed by atoms with Crippen LogP contribution in [0.2, 0.25) is 0 Å². The molecule has 0 aromatic carbocycles. The molecule has 1 unspecified atom stereocenters. The maximum Gasteiger partial charge on any atom is 0.140 e. The Hall–Kier alpha value is -0.220. The lowest BCUT2D eigenvalue weighted by Gasteiger charge is -2.44. The summed E-state index contributed by atoms with van der Waals surface area (Å²) in [5, 5.41) is 3.50. The number of nitrogens with zero attached hydrogens (tertiary/aromatic N) is 1. The van der Waals surface area contributed by atoms with Gasteiger partial charge in [0.05, 0.1) is 10.5 Å². The molecule has 1 N–H and O–H groups in total. The molecular formula is C11H15BrN2S. The summed E-state index contributed by atoms with van der Waals surface area (Å²) in [5.74, 6) is 2.13. The first kappa shape index (κ1) is 11.3. The topological polar surface area (TPSA) is 24.9 Å². The number of hydrogen-bond acceptors (Lipinski definition) is 3. The zero-order valence-electron chi connectivity index (χ0n) is 9.17. The summed E-state index contributed by atoms with van der Waals surface area (Å²) in [6.45, 7) is 6.61. The molecule has 0 radical (unpaired) electrons. The van der Waals surface area contributed by atoms with Crippen molar-refractivity contribution in [2.75, 3.05) is 11.1 Å². The van der Waals surface area contributed by atoms with E-state index in [0.717, 1.165) is 16.0 Å². The van der Waals surface area contributed by atoms with E-state index >= 15 is 0 Å². The van der Waals surface area contributed by atoms with Crippen molar-refractivity contribution in [3.8, 4) is 0 Å². The number of aryl methyl sites for hydroxylation is 1. The largest absolute Gasteiger partial charge is 0.364 e. The van der Waals surface area contributed by atoms with E-state index in [1.165, 1.54) is 5.56 Å². The first-order chi connectivity index (χ1) is 7.00. The average molecular weight is 287 g/mol. The van der Waals surface area contributed by atoms with E-state index in [0.29, 0.717) is 10.8 Å². The SMILES string of the molecule is Cc1ccnc(NC2CSC2(C)C)c1Br. The van der Waals surface area contributed by atoms with Crippen molar-refractivity contribution in [1.29, 1.82) is 0 Å². The van der Waals surface area contributed by atoms with Crippen LogP contribution in [0.3, 0.4) is 0 Å². The minimum Gasteiger partial charge on any atom is -0.364 e. The smallest absolute Gasteiger partial charge is 0.140 e. The molecule has 2 nitrogen and oxygen atoms in total. The second kappa shape index (κ2) is 3.98. The Morgan fingerprint density at radius 2 is 2.33 bits per heavy atom. The normalized spacial score (nSPS) is 23.3. The molecule has 2 heterocycles. The highest BCUT2D eigenvalue weighted by atomic mass is 79.9. The molecule has 0 amide bonds. The van der Waals surface area contributed by atoms with Crippen molar-refractivity contribution in [2.24, 2.45) is 0 Å². The Labute approximate surface area is 103 Å². The molecular weight excluding hydrogens is 272 g/mol. The summed E-state index contributed by atoms with van der Waals surface area (Å²) < 4.78 is 1.41. The Balaban J connectivity index is 2.15. The van der Waals surface area contributed by atoms with Gasteiger partial charge >= 0.3 is 0 Å². The molecule has 1 aliphatic rings. The molecule has 1 fully saturated rings. The highest BCUT2D eigenvalue weighted by molar-refractivity contribution is 9.10. The first-order valence-corrected chi connectivity index (χ1v) is 6.80. The van der Waals surface area contributed by atoms with Gasteiger partial charge < -0.3 is 5.32 Å². The second-order valence-corrected chi connectivity index (χ2v) is 6.87. The summed E-state index contributed by atoms with van der Waals surface area (Å²) in [7, 11) is 0. The van der Waals surface area contributed by atoms with Crippen LogP contribution < -0.4 is 5.32 Å². The number of rotatable bonds is 2. The van der Waals surface area contributed by atoms with Crippen molar-refractivity contribution >= 4 is 33.5 Å². The number of aromatic nitrogens is 1. The van der Waals surface area contributed by atoms with Crippen molar-refractivity contribution < 1.29 is 0 Å². The van der Waals surface area contributed by atoms with Crippen LogP contribution in [0.4, 0.5) is 5.82 Å². The van der Waals surface area contributed by atoms with E-state index in [1.54, 1.807) is 0 Å². The summed E-state index contributed by atoms with van der Waals surface area (Å²) in [5.41, 5.74) is 1.22. The summed E-state index contributed by atoms with van der Waals surface area (Å²) in [6.07, 6.45) is 1.85. The van der Waals surface area contributed by atoms with Crippen LogP contribution in [-0.2, 0) is 0 Å². The Bertz CT molecular complexity index is 379. The molecule has 82 valence electrons. The van der Waals surface area contributed by atoms with Crippen molar-refractivity contribution in [1.82, 2.24) is 4.98 Å². The van der Waals surface area contributed by atoms with Crippen molar-refractivity contribution in [2.45, 2.75) is 31.6 Å². The molecule has 1 aromatic rings. The van der Waals surface area contributed by atoms with Gasteiger partial charge in [0, 0.05) is 16.7 Å². The molecule has 4 heteroatoms. The Morgan fingerprint density at radius 3 is 2.87 bits per heavy atom. The maximum absolute atomic E-state index is 4.36. The lowest BCUT2D eigenvalue weighted by atomic mass is 10.0. The van der Waals surface area contributed by atoms with Gasteiger partial charge in [-0.3, -0.25) is 0 Å². The molecule has 2 rings (SSSR count). The van der Waals surface area contributed by atoms with Crippen LogP contribution in [-0.4, -0.2) is 21.5 Å². The van der Waals surface area contributed by atoms with Gasteiger partial charge in [-0.25, -0.2) is 4.98 Å². The molecule has 0 saturated carbocycles. The van der Waals surface area contributed by atoms with Gasteiger partial charge in [0.15, 0.2) is 0 Å². The van der Waals surface area contributed by atoms with Crippen molar-refractivity contribution in [3.63, 3.8) is 0 Å². The van der Waals surface area contributed by atoms with Crippen LogP contribution in [0, 0.1) is 6.92 Å². The third-order valence-electron chi connectivity index (χ3n) is 2.85. The number of halogens is 1. The Kier molecular flexibility index (Phi) is 2.99. The number of nitrogens with one attached hydrogen (secondary N) is 1. The highest BCUT2D eigenvalue weighted by Crippen LogP contribution is 2.42. The zero-order chi connectivity index (χ0) is 11.1. The van der Waals surface area contributed by atoms with Crippen LogP contribution >= 0.6 is 27.7 Å². The minimum absolute atomic E-state index is 0.324. The molecule has 1 atom stereocenters. The van der Waals surface area contributed by atoms with E-state index in [4.69, 9.17) is 0 Å². The molecule has 0 aliphatic carbocycles. The van der Waals surface area contributed by atoms with E-state index < -0.39 is 0 Å². The number of pyridine rings is 1. The van der Waals surface area contributed by atoms with Crippen LogP contribution in [0.1, 0.15) is 19.4 Å². The summed E-state index contributed by atoms with van der Waals surface area (Å²) in [6, 6.07) is 2.53. The minimum atomic E-state index is 0.324. The van der Waals surface area contributed by atoms with Crippen LogP contribution in [0.5, 0.6) is 0 Å². The molecule has 1 aromatic heterocycles. The lowest BCUT2D eigenvalue weighted by molar-refractivity contribution is 0.574. The number of anilines is 1. The highest BCUT2D eigenvalue weighted by Gasteiger charge is 2.39. The molecule has 1 saturated heterocycles. The van der Waals surface area contributed by atoms with Gasteiger partial charge in [0.25, 0.3) is 0 Å². The predicted octanol–water partition coefficient (Wildman–Crippen LogP) is 3.46. The average Bonchev–Trinajstić information content (AvgIpc) is 2.19. The lowest BCUT2D eigenvalue weighted by Crippen LogP contribution is -2.50. The fraction of sp³-hybridized carbons (Fsp3) is 0.545. The molecule has 0 spiro atoms. The van der Waals surface area contributed by atoms with E-state index in [2.05, 4.69) is 47.0 Å². The number of thioether (sulfide) groups is 1. The molecule has 0 bridgehead atoms. The van der Waals surface area contributed by atoms with Gasteiger partial charge in [-0.05, 0) is 48.3 Å². The first-order valence-electron chi connectivity index (χ1n) is 5.02. The van der Waals surface area contributed by atoms with E-state index in [9.17, 15) is 0 Å². The standard InChI is InChI=1S/C11H15BrN2S/c1-7-4-5-13-10(9(7)12)14-8-6-15-11(8,2)3/h4-5,8H,6H2,1-3H3,(H,13,14). The van der Waals surface area contributed by atoms with E-state index in [1.807, 2.05) is 24.0 Å². The summed E-state index contributed by atoms with van der Waals surface area (Å²) in [4.78, 5) is 4.36. The van der Waals surface area contributed by atoms with Gasteiger partial charge in [-0.1, -0.05) is 0 Å². The third-order valence-corrected chi connectivity index (χ3v) is 5.38. The quantitative estimate of drug-likeness (QED) is 0.901. The molecule has 1 aliphatic heterocycles. The fourth-order valence-corrected chi connectivity index (χ4v) is 3.01. The Morgan fingerprint density at radius 1 is 1.60 bits per heavy atom.